The van der Waals surface area contributed by atoms with Crippen molar-refractivity contribution in [1.82, 2.24) is 0 Å². The highest BCUT2D eigenvalue weighted by Gasteiger charge is 2.07. The van der Waals surface area contributed by atoms with E-state index in [0.717, 1.165) is 6.26 Å². The van der Waals surface area contributed by atoms with Gasteiger partial charge in [-0.15, -0.1) is 0 Å². The lowest BCUT2D eigenvalue weighted by Crippen LogP contribution is -2.08. The van der Waals surface area contributed by atoms with Crippen LogP contribution in [0.2, 0.25) is 0 Å². The van der Waals surface area contributed by atoms with Gasteiger partial charge in [0.05, 0.1) is 6.26 Å². The third kappa shape index (κ3) is 1.42. The molecule has 0 aromatic carbocycles. The van der Waals surface area contributed by atoms with Crippen LogP contribution in [0.4, 0.5) is 0 Å². The molecule has 0 bridgehead atoms. The summed E-state index contributed by atoms with van der Waals surface area (Å²) >= 11 is 0. The first-order chi connectivity index (χ1) is 5.13. The van der Waals surface area contributed by atoms with Crippen molar-refractivity contribution in [3.8, 4) is 5.75 Å². The van der Waals surface area contributed by atoms with E-state index in [1.807, 2.05) is 13.8 Å². The molecule has 60 valence electrons. The Morgan fingerprint density at radius 1 is 1.45 bits per heavy atom. The highest BCUT2D eigenvalue weighted by Crippen LogP contribution is 2.11. The van der Waals surface area contributed by atoms with E-state index >= 15 is 0 Å². The molecule has 3 heteroatoms. The molecule has 0 amide bonds. The topological polar surface area (TPSA) is 50.4 Å². The Hall–Kier alpha value is -1.25. The van der Waals surface area contributed by atoms with Gasteiger partial charge in [-0.2, -0.15) is 0 Å². The average Bonchev–Trinajstić information content (AvgIpc) is 1.94. The van der Waals surface area contributed by atoms with Crippen LogP contribution in [0.5, 0.6) is 5.75 Å². The fraction of sp³-hybridized carbons (Fsp3) is 0.375. The van der Waals surface area contributed by atoms with Gasteiger partial charge in [0, 0.05) is 5.56 Å². The van der Waals surface area contributed by atoms with Crippen LogP contribution in [0.15, 0.2) is 21.7 Å². The molecule has 0 aliphatic carbocycles. The number of rotatable bonds is 1. The van der Waals surface area contributed by atoms with E-state index in [9.17, 15) is 4.79 Å². The summed E-state index contributed by atoms with van der Waals surface area (Å²) in [5.41, 5.74) is 0.163. The second kappa shape index (κ2) is 2.78. The molecule has 0 unspecified atom stereocenters. The highest BCUT2D eigenvalue weighted by atomic mass is 16.3. The Balaban J connectivity index is 3.28. The lowest BCUT2D eigenvalue weighted by Gasteiger charge is -2.01. The normalized spacial score (nSPS) is 10.5. The van der Waals surface area contributed by atoms with Crippen molar-refractivity contribution in [3.63, 3.8) is 0 Å². The van der Waals surface area contributed by atoms with E-state index in [-0.39, 0.29) is 17.1 Å². The molecule has 3 nitrogen and oxygen atoms in total. The van der Waals surface area contributed by atoms with Crippen molar-refractivity contribution in [2.45, 2.75) is 19.8 Å². The molecule has 0 saturated heterocycles. The molecule has 0 atom stereocenters. The molecule has 0 fully saturated rings. The zero-order chi connectivity index (χ0) is 8.43. The molecular formula is C8H10O3. The number of hydrogen-bond donors (Lipinski definition) is 1. The van der Waals surface area contributed by atoms with Crippen LogP contribution < -0.4 is 5.43 Å². The first-order valence-corrected chi connectivity index (χ1v) is 3.42. The zero-order valence-electron chi connectivity index (χ0n) is 6.50. The summed E-state index contributed by atoms with van der Waals surface area (Å²) in [6.45, 7) is 3.73. The Kier molecular flexibility index (Phi) is 1.98. The maximum Gasteiger partial charge on any atom is 0.229 e. The van der Waals surface area contributed by atoms with Gasteiger partial charge in [0.25, 0.3) is 0 Å². The van der Waals surface area contributed by atoms with Crippen LogP contribution in [0.25, 0.3) is 0 Å². The molecule has 0 spiro atoms. The van der Waals surface area contributed by atoms with Gasteiger partial charge in [-0.3, -0.25) is 4.79 Å². The van der Waals surface area contributed by atoms with E-state index in [2.05, 4.69) is 0 Å². The second-order valence-corrected chi connectivity index (χ2v) is 2.70. The fourth-order valence-electron chi connectivity index (χ4n) is 0.825. The van der Waals surface area contributed by atoms with Gasteiger partial charge >= 0.3 is 0 Å². The summed E-state index contributed by atoms with van der Waals surface area (Å²) in [7, 11) is 0. The Morgan fingerprint density at radius 3 is 2.55 bits per heavy atom. The third-order valence-corrected chi connectivity index (χ3v) is 1.49. The van der Waals surface area contributed by atoms with E-state index in [1.54, 1.807) is 0 Å². The van der Waals surface area contributed by atoms with Crippen LogP contribution >= 0.6 is 0 Å². The summed E-state index contributed by atoms with van der Waals surface area (Å²) in [4.78, 5) is 11.1. The van der Waals surface area contributed by atoms with Crippen molar-refractivity contribution in [3.05, 3.63) is 28.3 Å². The van der Waals surface area contributed by atoms with Gasteiger partial charge in [0.15, 0.2) is 5.75 Å². The Labute approximate surface area is 64.3 Å². The third-order valence-electron chi connectivity index (χ3n) is 1.49. The van der Waals surface area contributed by atoms with Crippen LogP contribution in [-0.2, 0) is 0 Å². The van der Waals surface area contributed by atoms with Crippen LogP contribution in [0.1, 0.15) is 25.3 Å². The van der Waals surface area contributed by atoms with Gasteiger partial charge in [-0.05, 0) is 5.92 Å². The second-order valence-electron chi connectivity index (χ2n) is 2.70. The molecule has 0 saturated carbocycles. The molecule has 1 aromatic rings. The Bertz CT molecular complexity index is 298. The predicted octanol–water partition coefficient (Wildman–Crippen LogP) is 1.47. The van der Waals surface area contributed by atoms with Crippen molar-refractivity contribution in [2.75, 3.05) is 0 Å². The fourth-order valence-corrected chi connectivity index (χ4v) is 0.825. The molecule has 11 heavy (non-hydrogen) atoms. The minimum Gasteiger partial charge on any atom is -0.502 e. The van der Waals surface area contributed by atoms with E-state index in [0.29, 0.717) is 5.56 Å². The van der Waals surface area contributed by atoms with Gasteiger partial charge in [0.1, 0.15) is 6.26 Å². The number of aromatic hydroxyl groups is 1. The van der Waals surface area contributed by atoms with Gasteiger partial charge in [0.2, 0.25) is 5.43 Å². The van der Waals surface area contributed by atoms with Crippen LogP contribution in [-0.4, -0.2) is 5.11 Å². The molecule has 1 N–H and O–H groups in total. The molecule has 1 heterocycles. The minimum absolute atomic E-state index is 0.0818. The lowest BCUT2D eigenvalue weighted by molar-refractivity contribution is 0.424. The van der Waals surface area contributed by atoms with Gasteiger partial charge in [-0.1, -0.05) is 13.8 Å². The SMILES string of the molecule is CC(C)c1cocc(O)c1=O. The summed E-state index contributed by atoms with van der Waals surface area (Å²) < 4.78 is 4.73. The van der Waals surface area contributed by atoms with Crippen LogP contribution in [0, 0.1) is 0 Å². The monoisotopic (exact) mass is 154 g/mol. The van der Waals surface area contributed by atoms with Crippen LogP contribution in [0.3, 0.4) is 0 Å². The maximum atomic E-state index is 11.1. The minimum atomic E-state index is -0.341. The van der Waals surface area contributed by atoms with Crippen molar-refractivity contribution in [2.24, 2.45) is 0 Å². The molecule has 1 aromatic heterocycles. The first kappa shape index (κ1) is 7.85. The van der Waals surface area contributed by atoms with Gasteiger partial charge in [-0.25, -0.2) is 0 Å². The molecule has 0 radical (unpaired) electrons. The van der Waals surface area contributed by atoms with E-state index in [4.69, 9.17) is 9.52 Å². The maximum absolute atomic E-state index is 11.1. The molecule has 0 aliphatic heterocycles. The lowest BCUT2D eigenvalue weighted by atomic mass is 10.1. The first-order valence-electron chi connectivity index (χ1n) is 3.42. The van der Waals surface area contributed by atoms with Crippen molar-refractivity contribution >= 4 is 0 Å². The smallest absolute Gasteiger partial charge is 0.229 e. The summed E-state index contributed by atoms with van der Waals surface area (Å²) in [6.07, 6.45) is 2.40. The largest absolute Gasteiger partial charge is 0.502 e. The summed E-state index contributed by atoms with van der Waals surface area (Å²) in [6, 6.07) is 0. The summed E-state index contributed by atoms with van der Waals surface area (Å²) in [5, 5.41) is 8.94. The zero-order valence-corrected chi connectivity index (χ0v) is 6.50. The predicted molar refractivity (Wildman–Crippen MR) is 40.7 cm³/mol. The quantitative estimate of drug-likeness (QED) is 0.666. The molecular weight excluding hydrogens is 144 g/mol. The van der Waals surface area contributed by atoms with Gasteiger partial charge < -0.3 is 9.52 Å². The summed E-state index contributed by atoms with van der Waals surface area (Å²) in [5.74, 6) is -0.241. The highest BCUT2D eigenvalue weighted by molar-refractivity contribution is 5.22. The van der Waals surface area contributed by atoms with E-state index in [1.165, 1.54) is 6.26 Å². The van der Waals surface area contributed by atoms with Crippen molar-refractivity contribution in [1.29, 1.82) is 0 Å². The standard InChI is InChI=1S/C8H10O3/c1-5(2)6-3-11-4-7(9)8(6)10/h3-5,9H,1-2H3. The molecule has 0 aliphatic rings. The van der Waals surface area contributed by atoms with Crippen molar-refractivity contribution < 1.29 is 9.52 Å². The molecule has 1 rings (SSSR count). The van der Waals surface area contributed by atoms with E-state index < -0.39 is 0 Å². The Morgan fingerprint density at radius 2 is 2.09 bits per heavy atom. The average molecular weight is 154 g/mol. The number of hydrogen-bond acceptors (Lipinski definition) is 3.